The van der Waals surface area contributed by atoms with Crippen LogP contribution in [0.2, 0.25) is 0 Å². The first-order valence-corrected chi connectivity index (χ1v) is 10.2. The number of thioether (sulfide) groups is 1. The molecule has 0 spiro atoms. The zero-order valence-corrected chi connectivity index (χ0v) is 17.9. The number of aryl methyl sites for hydroxylation is 2. The van der Waals surface area contributed by atoms with E-state index in [-0.39, 0.29) is 18.3 Å². The van der Waals surface area contributed by atoms with Crippen LogP contribution in [0.15, 0.2) is 34.2 Å². The molecule has 9 nitrogen and oxygen atoms in total. The fourth-order valence-electron chi connectivity index (χ4n) is 3.15. The monoisotopic (exact) mass is 430 g/mol. The van der Waals surface area contributed by atoms with Gasteiger partial charge in [0.2, 0.25) is 5.91 Å². The Morgan fingerprint density at radius 3 is 2.57 bits per heavy atom. The Morgan fingerprint density at radius 1 is 1.23 bits per heavy atom. The Labute approximate surface area is 176 Å². The van der Waals surface area contributed by atoms with Crippen LogP contribution in [0.25, 0.3) is 5.52 Å². The van der Waals surface area contributed by atoms with Gasteiger partial charge in [-0.2, -0.15) is 0 Å². The molecule has 0 unspecified atom stereocenters. The molecule has 0 radical (unpaired) electrons. The number of amides is 1. The molecule has 10 heteroatoms. The molecule has 0 bridgehead atoms. The summed E-state index contributed by atoms with van der Waals surface area (Å²) in [5.74, 6) is 0.0197. The average Bonchev–Trinajstić information content (AvgIpc) is 3.00. The number of ether oxygens (including phenoxy) is 2. The molecule has 0 saturated heterocycles. The van der Waals surface area contributed by atoms with E-state index < -0.39 is 11.5 Å². The van der Waals surface area contributed by atoms with Gasteiger partial charge < -0.3 is 14.8 Å². The maximum absolute atomic E-state index is 12.3. The lowest BCUT2D eigenvalue weighted by atomic mass is 10.1. The molecule has 1 aromatic carbocycles. The second-order valence-corrected chi connectivity index (χ2v) is 7.33. The van der Waals surface area contributed by atoms with Crippen molar-refractivity contribution in [3.63, 3.8) is 0 Å². The lowest BCUT2D eigenvalue weighted by Crippen LogP contribution is -2.17. The number of fused-ring (bicyclic) bond motifs is 1. The van der Waals surface area contributed by atoms with Crippen molar-refractivity contribution in [1.82, 2.24) is 14.6 Å². The summed E-state index contributed by atoms with van der Waals surface area (Å²) in [6, 6.07) is 6.98. The summed E-state index contributed by atoms with van der Waals surface area (Å²) < 4.78 is 11.8. The molecule has 1 amide bonds. The molecular weight excluding hydrogens is 408 g/mol. The van der Waals surface area contributed by atoms with E-state index in [9.17, 15) is 14.4 Å². The number of aromatic nitrogens is 3. The third-order valence-electron chi connectivity index (χ3n) is 4.50. The minimum atomic E-state index is -0.496. The lowest BCUT2D eigenvalue weighted by Gasteiger charge is -2.08. The molecule has 2 N–H and O–H groups in total. The molecule has 3 rings (SSSR count). The quantitative estimate of drug-likeness (QED) is 0.437. The highest BCUT2D eigenvalue weighted by Crippen LogP contribution is 2.26. The molecule has 0 aliphatic carbocycles. The van der Waals surface area contributed by atoms with Crippen molar-refractivity contribution in [2.45, 2.75) is 25.9 Å². The molecule has 158 valence electrons. The van der Waals surface area contributed by atoms with E-state index in [4.69, 9.17) is 9.47 Å². The molecule has 0 atom stereocenters. The van der Waals surface area contributed by atoms with Gasteiger partial charge in [-0.25, -0.2) is 9.89 Å². The average molecular weight is 430 g/mol. The van der Waals surface area contributed by atoms with Crippen LogP contribution in [0, 0.1) is 13.8 Å². The number of carbonyl (C=O) groups is 2. The van der Waals surface area contributed by atoms with Crippen LogP contribution in [-0.2, 0) is 9.53 Å². The number of nitrogens with one attached hydrogen (secondary N) is 2. The number of hydrogen-bond donors (Lipinski definition) is 2. The fraction of sp³-hybridized carbons (Fsp3) is 0.300. The van der Waals surface area contributed by atoms with Crippen LogP contribution in [0.5, 0.6) is 5.75 Å². The molecule has 0 aliphatic heterocycles. The Hall–Kier alpha value is -3.27. The lowest BCUT2D eigenvalue weighted by molar-refractivity contribution is -0.113. The zero-order valence-electron chi connectivity index (χ0n) is 17.1. The zero-order chi connectivity index (χ0) is 21.8. The van der Waals surface area contributed by atoms with Gasteiger partial charge in [0.1, 0.15) is 11.3 Å². The second kappa shape index (κ2) is 9.04. The van der Waals surface area contributed by atoms with Gasteiger partial charge >= 0.3 is 5.97 Å². The van der Waals surface area contributed by atoms with Crippen molar-refractivity contribution in [3.8, 4) is 5.75 Å². The predicted octanol–water partition coefficient (Wildman–Crippen LogP) is 2.56. The van der Waals surface area contributed by atoms with Crippen molar-refractivity contribution < 1.29 is 19.1 Å². The van der Waals surface area contributed by atoms with Gasteiger partial charge in [0.05, 0.1) is 25.0 Å². The first kappa shape index (κ1) is 21.4. The SMILES string of the molecule is CCOC(=O)c1c(C)c2c(=O)[nH]nc(SCC(=O)Nc3ccc(OC)cc3)n2c1C. The van der Waals surface area contributed by atoms with E-state index in [1.165, 1.54) is 0 Å². The van der Waals surface area contributed by atoms with Crippen LogP contribution in [-0.4, -0.2) is 45.9 Å². The Bertz CT molecular complexity index is 1150. The Morgan fingerprint density at radius 2 is 1.93 bits per heavy atom. The first-order valence-electron chi connectivity index (χ1n) is 9.21. The van der Waals surface area contributed by atoms with Gasteiger partial charge in [-0.15, -0.1) is 5.10 Å². The normalized spacial score (nSPS) is 10.8. The molecule has 0 fully saturated rings. The molecular formula is C20H22N4O5S. The standard InChI is InChI=1S/C20H22N4O5S/c1-5-29-19(27)16-11(2)17-18(26)22-23-20(24(17)12(16)3)30-10-15(25)21-13-6-8-14(28-4)9-7-13/h6-9H,5,10H2,1-4H3,(H,21,25)(H,22,26). The van der Waals surface area contributed by atoms with Crippen molar-refractivity contribution in [1.29, 1.82) is 0 Å². The van der Waals surface area contributed by atoms with E-state index in [1.54, 1.807) is 56.5 Å². The van der Waals surface area contributed by atoms with Crippen molar-refractivity contribution >= 4 is 34.8 Å². The molecule has 0 aliphatic rings. The van der Waals surface area contributed by atoms with Crippen molar-refractivity contribution in [3.05, 3.63) is 51.4 Å². The van der Waals surface area contributed by atoms with Crippen LogP contribution < -0.4 is 15.6 Å². The highest BCUT2D eigenvalue weighted by Gasteiger charge is 2.24. The van der Waals surface area contributed by atoms with Crippen molar-refractivity contribution in [2.75, 3.05) is 24.8 Å². The summed E-state index contributed by atoms with van der Waals surface area (Å²) in [4.78, 5) is 37.0. The smallest absolute Gasteiger partial charge is 0.340 e. The summed E-state index contributed by atoms with van der Waals surface area (Å²) >= 11 is 1.15. The minimum absolute atomic E-state index is 0.0611. The van der Waals surface area contributed by atoms with Gasteiger partial charge in [0.25, 0.3) is 5.56 Å². The number of aromatic amines is 1. The number of methoxy groups -OCH3 is 1. The van der Waals surface area contributed by atoms with E-state index in [0.717, 1.165) is 11.8 Å². The van der Waals surface area contributed by atoms with E-state index in [1.807, 2.05) is 0 Å². The van der Waals surface area contributed by atoms with Crippen LogP contribution in [0.3, 0.4) is 0 Å². The number of benzene rings is 1. The van der Waals surface area contributed by atoms with Gasteiger partial charge in [0, 0.05) is 11.4 Å². The largest absolute Gasteiger partial charge is 0.497 e. The molecule has 3 aromatic rings. The van der Waals surface area contributed by atoms with Crippen LogP contribution in [0.4, 0.5) is 5.69 Å². The molecule has 2 heterocycles. The van der Waals surface area contributed by atoms with E-state index in [2.05, 4.69) is 15.5 Å². The van der Waals surface area contributed by atoms with Crippen LogP contribution in [0.1, 0.15) is 28.5 Å². The highest BCUT2D eigenvalue weighted by atomic mass is 32.2. The summed E-state index contributed by atoms with van der Waals surface area (Å²) in [6.45, 7) is 5.35. The third kappa shape index (κ3) is 4.18. The summed E-state index contributed by atoms with van der Waals surface area (Å²) in [5.41, 5.74) is 1.91. The maximum atomic E-state index is 12.3. The Balaban J connectivity index is 1.84. The summed E-state index contributed by atoms with van der Waals surface area (Å²) in [6.07, 6.45) is 0. The van der Waals surface area contributed by atoms with Gasteiger partial charge in [-0.1, -0.05) is 11.8 Å². The first-order chi connectivity index (χ1) is 14.4. The number of nitrogens with zero attached hydrogens (tertiary/aromatic N) is 2. The van der Waals surface area contributed by atoms with Gasteiger partial charge in [0.15, 0.2) is 5.16 Å². The Kier molecular flexibility index (Phi) is 6.46. The number of anilines is 1. The summed E-state index contributed by atoms with van der Waals surface area (Å²) in [5, 5.41) is 9.69. The van der Waals surface area contributed by atoms with E-state index in [0.29, 0.717) is 38.9 Å². The van der Waals surface area contributed by atoms with Crippen LogP contribution >= 0.6 is 11.8 Å². The second-order valence-electron chi connectivity index (χ2n) is 6.39. The number of hydrogen-bond acceptors (Lipinski definition) is 7. The fourth-order valence-corrected chi connectivity index (χ4v) is 3.95. The third-order valence-corrected chi connectivity index (χ3v) is 5.43. The number of rotatable bonds is 7. The molecule has 30 heavy (non-hydrogen) atoms. The topological polar surface area (TPSA) is 115 Å². The number of carbonyl (C=O) groups excluding carboxylic acids is 2. The maximum Gasteiger partial charge on any atom is 0.340 e. The van der Waals surface area contributed by atoms with E-state index >= 15 is 0 Å². The number of H-pyrrole nitrogens is 1. The predicted molar refractivity (Wildman–Crippen MR) is 114 cm³/mol. The summed E-state index contributed by atoms with van der Waals surface area (Å²) in [7, 11) is 1.57. The van der Waals surface area contributed by atoms with Crippen molar-refractivity contribution in [2.24, 2.45) is 0 Å². The molecule has 0 saturated carbocycles. The number of esters is 1. The highest BCUT2D eigenvalue weighted by molar-refractivity contribution is 7.99. The minimum Gasteiger partial charge on any atom is -0.497 e. The van der Waals surface area contributed by atoms with Gasteiger partial charge in [-0.05, 0) is 50.6 Å². The van der Waals surface area contributed by atoms with Gasteiger partial charge in [-0.3, -0.25) is 14.0 Å². The molecule has 2 aromatic heterocycles.